The third-order valence-corrected chi connectivity index (χ3v) is 3.71. The SMILES string of the molecule is O=C(O)C(O)(c1ccccc1)c1ccccc1.O=C(O)c1ccccc1. The normalized spacial score (nSPS) is 10.3. The van der Waals surface area contributed by atoms with E-state index in [1.807, 2.05) is 0 Å². The van der Waals surface area contributed by atoms with Gasteiger partial charge in [-0.1, -0.05) is 78.9 Å². The Balaban J connectivity index is 0.000000228. The van der Waals surface area contributed by atoms with Gasteiger partial charge in [0.25, 0.3) is 0 Å². The largest absolute Gasteiger partial charge is 0.479 e. The van der Waals surface area contributed by atoms with Crippen LogP contribution in [0, 0.1) is 0 Å². The lowest BCUT2D eigenvalue weighted by molar-refractivity contribution is -0.155. The van der Waals surface area contributed by atoms with Crippen LogP contribution in [0.1, 0.15) is 21.5 Å². The number of aromatic carboxylic acids is 1. The van der Waals surface area contributed by atoms with E-state index in [0.29, 0.717) is 16.7 Å². The van der Waals surface area contributed by atoms with E-state index < -0.39 is 17.5 Å². The average Bonchev–Trinajstić information content (AvgIpc) is 2.69. The molecule has 3 aromatic rings. The Morgan fingerprint density at radius 3 is 1.23 bits per heavy atom. The maximum atomic E-state index is 11.4. The number of carboxylic acid groups (broad SMARTS) is 2. The van der Waals surface area contributed by atoms with E-state index in [2.05, 4.69) is 0 Å². The quantitative estimate of drug-likeness (QED) is 0.670. The lowest BCUT2D eigenvalue weighted by atomic mass is 9.86. The Morgan fingerprint density at radius 2 is 0.962 bits per heavy atom. The van der Waals surface area contributed by atoms with Crippen LogP contribution in [0.15, 0.2) is 91.0 Å². The predicted molar refractivity (Wildman–Crippen MR) is 96.9 cm³/mol. The van der Waals surface area contributed by atoms with Crippen LogP contribution >= 0.6 is 0 Å². The molecule has 0 bridgehead atoms. The highest BCUT2D eigenvalue weighted by Gasteiger charge is 2.39. The van der Waals surface area contributed by atoms with Crippen molar-refractivity contribution in [3.8, 4) is 0 Å². The highest BCUT2D eigenvalue weighted by atomic mass is 16.4. The summed E-state index contributed by atoms with van der Waals surface area (Å²) in [4.78, 5) is 21.6. The fraction of sp³-hybridized carbons (Fsp3) is 0.0476. The molecule has 0 heterocycles. The molecule has 0 aliphatic rings. The van der Waals surface area contributed by atoms with Crippen molar-refractivity contribution in [1.82, 2.24) is 0 Å². The second-order valence-electron chi connectivity index (χ2n) is 5.42. The summed E-state index contributed by atoms with van der Waals surface area (Å²) in [5, 5.41) is 28.1. The maximum Gasteiger partial charge on any atom is 0.345 e. The Bertz CT molecular complexity index is 806. The first kappa shape index (κ1) is 18.9. The highest BCUT2D eigenvalue weighted by Crippen LogP contribution is 2.29. The van der Waals surface area contributed by atoms with E-state index in [1.165, 1.54) is 0 Å². The molecule has 0 unspecified atom stereocenters. The third-order valence-electron chi connectivity index (χ3n) is 3.71. The number of rotatable bonds is 4. The van der Waals surface area contributed by atoms with Gasteiger partial charge in [-0.25, -0.2) is 9.59 Å². The fourth-order valence-corrected chi connectivity index (χ4v) is 2.35. The zero-order valence-corrected chi connectivity index (χ0v) is 13.8. The summed E-state index contributed by atoms with van der Waals surface area (Å²) in [5.74, 6) is -2.16. The molecule has 26 heavy (non-hydrogen) atoms. The van der Waals surface area contributed by atoms with Crippen LogP contribution in [0.25, 0.3) is 0 Å². The zero-order chi connectivity index (χ0) is 19.0. The van der Waals surface area contributed by atoms with E-state index in [0.717, 1.165) is 0 Å². The van der Waals surface area contributed by atoms with Crippen molar-refractivity contribution < 1.29 is 24.9 Å². The molecule has 0 spiro atoms. The number of aliphatic carboxylic acids is 1. The molecule has 5 heteroatoms. The first-order chi connectivity index (χ1) is 12.5. The zero-order valence-electron chi connectivity index (χ0n) is 13.8. The molecule has 0 fully saturated rings. The smallest absolute Gasteiger partial charge is 0.345 e. The van der Waals surface area contributed by atoms with Crippen molar-refractivity contribution in [2.75, 3.05) is 0 Å². The van der Waals surface area contributed by atoms with Gasteiger partial charge in [-0.05, 0) is 23.3 Å². The van der Waals surface area contributed by atoms with Gasteiger partial charge < -0.3 is 15.3 Å². The van der Waals surface area contributed by atoms with Gasteiger partial charge in [0.2, 0.25) is 5.60 Å². The van der Waals surface area contributed by atoms with Crippen molar-refractivity contribution >= 4 is 11.9 Å². The van der Waals surface area contributed by atoms with Gasteiger partial charge in [0.15, 0.2) is 0 Å². The van der Waals surface area contributed by atoms with Crippen LogP contribution in [0.4, 0.5) is 0 Å². The molecule has 0 amide bonds. The number of carbonyl (C=O) groups is 2. The Kier molecular flexibility index (Phi) is 6.25. The van der Waals surface area contributed by atoms with Crippen molar-refractivity contribution in [3.63, 3.8) is 0 Å². The van der Waals surface area contributed by atoms with Crippen molar-refractivity contribution in [2.45, 2.75) is 5.60 Å². The van der Waals surface area contributed by atoms with Crippen molar-refractivity contribution in [2.24, 2.45) is 0 Å². The molecule has 0 aliphatic heterocycles. The monoisotopic (exact) mass is 350 g/mol. The van der Waals surface area contributed by atoms with E-state index in [9.17, 15) is 19.8 Å². The first-order valence-electron chi connectivity index (χ1n) is 7.81. The minimum Gasteiger partial charge on any atom is -0.479 e. The summed E-state index contributed by atoms with van der Waals surface area (Å²) in [5.41, 5.74) is -0.974. The van der Waals surface area contributed by atoms with Gasteiger partial charge >= 0.3 is 11.9 Å². The third kappa shape index (κ3) is 4.34. The van der Waals surface area contributed by atoms with Gasteiger partial charge in [-0.2, -0.15) is 0 Å². The topological polar surface area (TPSA) is 94.8 Å². The van der Waals surface area contributed by atoms with Crippen molar-refractivity contribution in [3.05, 3.63) is 108 Å². The molecule has 0 aliphatic carbocycles. The van der Waals surface area contributed by atoms with Crippen LogP contribution in [0.5, 0.6) is 0 Å². The standard InChI is InChI=1S/C14H12O3.C7H6O2/c15-13(16)14(17,11-7-3-1-4-8-11)12-9-5-2-6-10-12;8-7(9)6-4-2-1-3-5-6/h1-10,17H,(H,15,16);1-5H,(H,8,9). The summed E-state index contributed by atoms with van der Waals surface area (Å²) in [6.07, 6.45) is 0. The van der Waals surface area contributed by atoms with E-state index in [-0.39, 0.29) is 0 Å². The molecule has 0 saturated heterocycles. The minimum absolute atomic E-state index is 0.331. The Morgan fingerprint density at radius 1 is 0.615 bits per heavy atom. The first-order valence-corrected chi connectivity index (χ1v) is 7.81. The van der Waals surface area contributed by atoms with Crippen molar-refractivity contribution in [1.29, 1.82) is 0 Å². The van der Waals surface area contributed by atoms with Crippen LogP contribution in [-0.4, -0.2) is 27.3 Å². The molecule has 0 atom stereocenters. The second kappa shape index (κ2) is 8.60. The van der Waals surface area contributed by atoms with Crippen LogP contribution < -0.4 is 0 Å². The van der Waals surface area contributed by atoms with E-state index in [4.69, 9.17) is 5.11 Å². The lowest BCUT2D eigenvalue weighted by Crippen LogP contribution is -2.36. The van der Waals surface area contributed by atoms with Gasteiger partial charge in [-0.15, -0.1) is 0 Å². The maximum absolute atomic E-state index is 11.4. The molecule has 3 aromatic carbocycles. The average molecular weight is 350 g/mol. The number of benzene rings is 3. The van der Waals surface area contributed by atoms with Gasteiger partial charge in [0, 0.05) is 0 Å². The Labute approximate surface area is 150 Å². The second-order valence-corrected chi connectivity index (χ2v) is 5.42. The molecule has 132 valence electrons. The molecule has 5 nitrogen and oxygen atoms in total. The molecule has 3 N–H and O–H groups in total. The summed E-state index contributed by atoms with van der Waals surface area (Å²) in [7, 11) is 0. The molecule has 0 radical (unpaired) electrons. The molecular weight excluding hydrogens is 332 g/mol. The van der Waals surface area contributed by atoms with E-state index >= 15 is 0 Å². The lowest BCUT2D eigenvalue weighted by Gasteiger charge is -2.24. The number of aliphatic hydroxyl groups is 1. The Hall–Kier alpha value is -3.44. The van der Waals surface area contributed by atoms with Crippen LogP contribution in [-0.2, 0) is 10.4 Å². The number of hydrogen-bond donors (Lipinski definition) is 3. The highest BCUT2D eigenvalue weighted by molar-refractivity contribution is 5.87. The summed E-state index contributed by atoms with van der Waals surface area (Å²) >= 11 is 0. The summed E-state index contributed by atoms with van der Waals surface area (Å²) < 4.78 is 0. The molecule has 3 rings (SSSR count). The minimum atomic E-state index is -2.00. The molecular formula is C21H18O5. The molecule has 0 saturated carbocycles. The predicted octanol–water partition coefficient (Wildman–Crippen LogP) is 3.39. The fourth-order valence-electron chi connectivity index (χ4n) is 2.35. The molecule has 0 aromatic heterocycles. The number of hydrogen-bond acceptors (Lipinski definition) is 3. The van der Waals surface area contributed by atoms with Crippen LogP contribution in [0.3, 0.4) is 0 Å². The number of carboxylic acids is 2. The van der Waals surface area contributed by atoms with E-state index in [1.54, 1.807) is 91.0 Å². The van der Waals surface area contributed by atoms with Gasteiger partial charge in [-0.3, -0.25) is 0 Å². The van der Waals surface area contributed by atoms with Gasteiger partial charge in [0.05, 0.1) is 5.56 Å². The summed E-state index contributed by atoms with van der Waals surface area (Å²) in [6.45, 7) is 0. The summed E-state index contributed by atoms with van der Waals surface area (Å²) in [6, 6.07) is 25.0. The van der Waals surface area contributed by atoms with Crippen LogP contribution in [0.2, 0.25) is 0 Å². The van der Waals surface area contributed by atoms with Gasteiger partial charge in [0.1, 0.15) is 0 Å².